The fourth-order valence-electron chi connectivity index (χ4n) is 4.53. The van der Waals surface area contributed by atoms with Gasteiger partial charge in [-0.1, -0.05) is 0 Å². The molecule has 0 unspecified atom stereocenters. The Morgan fingerprint density at radius 3 is 2.65 bits per heavy atom. The predicted molar refractivity (Wildman–Crippen MR) is 109 cm³/mol. The van der Waals surface area contributed by atoms with Crippen molar-refractivity contribution in [1.82, 2.24) is 24.7 Å². The van der Waals surface area contributed by atoms with Crippen LogP contribution in [0, 0.1) is 5.92 Å². The van der Waals surface area contributed by atoms with Crippen molar-refractivity contribution < 1.29 is 18.0 Å². The maximum atomic E-state index is 13.2. The zero-order valence-electron chi connectivity index (χ0n) is 16.8. The second-order valence-electron chi connectivity index (χ2n) is 8.00. The lowest BCUT2D eigenvalue weighted by Gasteiger charge is -2.39. The van der Waals surface area contributed by atoms with Gasteiger partial charge in [0.15, 0.2) is 5.65 Å². The summed E-state index contributed by atoms with van der Waals surface area (Å²) >= 11 is 1.75. The zero-order chi connectivity index (χ0) is 21.8. The molecule has 164 valence electrons. The SMILES string of the molecule is C[C@@H]1c2ccsc2CCN1C(=O)C1CCN(c2ccc3nnc(C(F)(F)F)n3n2)CC1. The zero-order valence-corrected chi connectivity index (χ0v) is 17.7. The van der Waals surface area contributed by atoms with Crippen molar-refractivity contribution >= 4 is 28.7 Å². The van der Waals surface area contributed by atoms with Crippen LogP contribution in [0.15, 0.2) is 23.6 Å². The summed E-state index contributed by atoms with van der Waals surface area (Å²) in [6, 6.07) is 5.32. The molecule has 5 rings (SSSR count). The highest BCUT2D eigenvalue weighted by molar-refractivity contribution is 7.10. The first kappa shape index (κ1) is 20.2. The summed E-state index contributed by atoms with van der Waals surface area (Å²) in [5.74, 6) is -0.618. The molecule has 11 heteroatoms. The van der Waals surface area contributed by atoms with Gasteiger partial charge in [-0.25, -0.2) is 0 Å². The second-order valence-corrected chi connectivity index (χ2v) is 9.00. The Balaban J connectivity index is 1.28. The minimum absolute atomic E-state index is 0.0491. The van der Waals surface area contributed by atoms with Crippen molar-refractivity contribution in [3.8, 4) is 0 Å². The van der Waals surface area contributed by atoms with Crippen LogP contribution in [-0.4, -0.2) is 50.3 Å². The highest BCUT2D eigenvalue weighted by Crippen LogP contribution is 2.35. The summed E-state index contributed by atoms with van der Waals surface area (Å²) in [7, 11) is 0. The number of fused-ring (bicyclic) bond motifs is 2. The predicted octanol–water partition coefficient (Wildman–Crippen LogP) is 3.57. The number of alkyl halides is 3. The minimum atomic E-state index is -4.63. The van der Waals surface area contributed by atoms with Crippen molar-refractivity contribution in [2.24, 2.45) is 5.92 Å². The van der Waals surface area contributed by atoms with E-state index in [4.69, 9.17) is 0 Å². The van der Waals surface area contributed by atoms with E-state index in [0.29, 0.717) is 31.7 Å². The van der Waals surface area contributed by atoms with Crippen LogP contribution in [0.25, 0.3) is 5.65 Å². The van der Waals surface area contributed by atoms with Crippen LogP contribution in [0.4, 0.5) is 19.0 Å². The van der Waals surface area contributed by atoms with E-state index >= 15 is 0 Å². The van der Waals surface area contributed by atoms with Crippen LogP contribution in [0.1, 0.15) is 42.1 Å². The molecule has 5 heterocycles. The van der Waals surface area contributed by atoms with Crippen LogP contribution in [-0.2, 0) is 17.4 Å². The van der Waals surface area contributed by atoms with Crippen LogP contribution in [0.3, 0.4) is 0 Å². The smallest absolute Gasteiger partial charge is 0.355 e. The molecule has 7 nitrogen and oxygen atoms in total. The Bertz CT molecular complexity index is 1120. The van der Waals surface area contributed by atoms with E-state index in [0.717, 1.165) is 17.5 Å². The van der Waals surface area contributed by atoms with Crippen molar-refractivity contribution in [3.05, 3.63) is 39.8 Å². The standard InChI is InChI=1S/C20H21F3N6OS/c1-12-14-7-11-31-15(14)6-10-28(12)18(30)13-4-8-27(9-5-13)17-3-2-16-24-25-19(20(21,22)23)29(16)26-17/h2-3,7,11-13H,4-6,8-10H2,1H3/t12-/m1/s1. The van der Waals surface area contributed by atoms with Crippen molar-refractivity contribution in [3.63, 3.8) is 0 Å². The van der Waals surface area contributed by atoms with Crippen molar-refractivity contribution in [1.29, 1.82) is 0 Å². The largest absolute Gasteiger partial charge is 0.453 e. The van der Waals surface area contributed by atoms with Gasteiger partial charge in [0.05, 0.1) is 6.04 Å². The Labute approximate surface area is 180 Å². The molecule has 3 aromatic heterocycles. The minimum Gasteiger partial charge on any atom is -0.355 e. The van der Waals surface area contributed by atoms with Gasteiger partial charge >= 0.3 is 6.18 Å². The Hall–Kier alpha value is -2.69. The number of carbonyl (C=O) groups is 1. The molecular formula is C20H21F3N6OS. The molecule has 0 spiro atoms. The normalized spacial score (nSPS) is 20.3. The Morgan fingerprint density at radius 2 is 1.90 bits per heavy atom. The van der Waals surface area contributed by atoms with Gasteiger partial charge in [0.25, 0.3) is 5.82 Å². The molecule has 31 heavy (non-hydrogen) atoms. The van der Waals surface area contributed by atoms with Crippen LogP contribution >= 0.6 is 11.3 Å². The number of carbonyl (C=O) groups excluding carboxylic acids is 1. The van der Waals surface area contributed by atoms with Crippen molar-refractivity contribution in [2.45, 2.75) is 38.4 Å². The molecule has 3 aromatic rings. The number of anilines is 1. The van der Waals surface area contributed by atoms with E-state index in [1.165, 1.54) is 16.5 Å². The van der Waals surface area contributed by atoms with Gasteiger partial charge in [0.2, 0.25) is 5.91 Å². The summed E-state index contributed by atoms with van der Waals surface area (Å²) in [5, 5.41) is 13.0. The van der Waals surface area contributed by atoms with E-state index in [-0.39, 0.29) is 23.5 Å². The maximum Gasteiger partial charge on any atom is 0.453 e. The van der Waals surface area contributed by atoms with Crippen molar-refractivity contribution in [2.75, 3.05) is 24.5 Å². The Kier molecular flexibility index (Phi) is 4.87. The fourth-order valence-corrected chi connectivity index (χ4v) is 5.49. The van der Waals surface area contributed by atoms with Gasteiger partial charge in [-0.15, -0.1) is 26.6 Å². The summed E-state index contributed by atoms with van der Waals surface area (Å²) in [5.41, 5.74) is 1.29. The van der Waals surface area contributed by atoms with Gasteiger partial charge in [0, 0.05) is 30.4 Å². The Morgan fingerprint density at radius 1 is 1.13 bits per heavy atom. The lowest BCUT2D eigenvalue weighted by atomic mass is 9.92. The molecule has 1 atom stereocenters. The number of hydrogen-bond donors (Lipinski definition) is 0. The first-order valence-corrected chi connectivity index (χ1v) is 11.1. The van der Waals surface area contributed by atoms with Crippen LogP contribution in [0.5, 0.6) is 0 Å². The first-order valence-electron chi connectivity index (χ1n) is 10.2. The molecule has 0 saturated carbocycles. The molecule has 0 aliphatic carbocycles. The van der Waals surface area contributed by atoms with Gasteiger partial charge in [-0.05, 0) is 55.3 Å². The summed E-state index contributed by atoms with van der Waals surface area (Å²) in [6.07, 6.45) is -2.44. The fraction of sp³-hybridized carbons (Fsp3) is 0.500. The molecule has 2 aliphatic rings. The first-order chi connectivity index (χ1) is 14.8. The lowest BCUT2D eigenvalue weighted by Crippen LogP contribution is -2.45. The van der Waals surface area contributed by atoms with Gasteiger partial charge < -0.3 is 9.80 Å². The number of nitrogens with zero attached hydrogens (tertiary/aromatic N) is 6. The molecule has 0 radical (unpaired) electrons. The lowest BCUT2D eigenvalue weighted by molar-refractivity contribution is -0.146. The number of amides is 1. The van der Waals surface area contributed by atoms with E-state index in [9.17, 15) is 18.0 Å². The number of thiophene rings is 1. The average molecular weight is 450 g/mol. The molecule has 1 fully saturated rings. The summed E-state index contributed by atoms with van der Waals surface area (Å²) < 4.78 is 40.1. The summed E-state index contributed by atoms with van der Waals surface area (Å²) in [6.45, 7) is 3.93. The third kappa shape index (κ3) is 3.54. The van der Waals surface area contributed by atoms with Gasteiger partial charge in [0.1, 0.15) is 5.82 Å². The third-order valence-electron chi connectivity index (χ3n) is 6.23. The number of piperidine rings is 1. The molecule has 0 aromatic carbocycles. The van der Waals surface area contributed by atoms with E-state index in [1.54, 1.807) is 17.4 Å². The monoisotopic (exact) mass is 450 g/mol. The average Bonchev–Trinajstić information content (AvgIpc) is 3.40. The second kappa shape index (κ2) is 7.47. The number of hydrogen-bond acceptors (Lipinski definition) is 6. The molecule has 0 N–H and O–H groups in total. The van der Waals surface area contributed by atoms with E-state index in [1.807, 2.05) is 9.80 Å². The van der Waals surface area contributed by atoms with E-state index in [2.05, 4.69) is 33.7 Å². The summed E-state index contributed by atoms with van der Waals surface area (Å²) in [4.78, 5) is 18.4. The number of rotatable bonds is 2. The molecule has 0 bridgehead atoms. The van der Waals surface area contributed by atoms with Crippen LogP contribution in [0.2, 0.25) is 0 Å². The van der Waals surface area contributed by atoms with E-state index < -0.39 is 12.0 Å². The number of halogens is 3. The third-order valence-corrected chi connectivity index (χ3v) is 7.23. The maximum absolute atomic E-state index is 13.2. The van der Waals surface area contributed by atoms with Gasteiger partial charge in [-0.2, -0.15) is 17.7 Å². The number of aromatic nitrogens is 4. The molecule has 2 aliphatic heterocycles. The molecular weight excluding hydrogens is 429 g/mol. The molecule has 1 amide bonds. The van der Waals surface area contributed by atoms with Gasteiger partial charge in [-0.3, -0.25) is 4.79 Å². The highest BCUT2D eigenvalue weighted by atomic mass is 32.1. The highest BCUT2D eigenvalue weighted by Gasteiger charge is 2.38. The van der Waals surface area contributed by atoms with Crippen LogP contribution < -0.4 is 4.90 Å². The molecule has 1 saturated heterocycles. The quantitative estimate of drug-likeness (QED) is 0.597. The topological polar surface area (TPSA) is 66.6 Å².